The van der Waals surface area contributed by atoms with Crippen molar-refractivity contribution in [2.75, 3.05) is 75.4 Å². The van der Waals surface area contributed by atoms with Crippen LogP contribution < -0.4 is 28.4 Å². The van der Waals surface area contributed by atoms with E-state index >= 15 is 0 Å². The fourth-order valence-electron chi connectivity index (χ4n) is 11.1. The fourth-order valence-corrected chi connectivity index (χ4v) is 11.1. The summed E-state index contributed by atoms with van der Waals surface area (Å²) >= 11 is 0. The molecular weight excluding hydrogens is 761 g/mol. The van der Waals surface area contributed by atoms with Crippen molar-refractivity contribution in [1.82, 2.24) is 9.80 Å². The number of hydrogen-bond donors (Lipinski definition) is 0. The second kappa shape index (κ2) is 18.7. The van der Waals surface area contributed by atoms with E-state index in [0.717, 1.165) is 99.1 Å². The normalized spacial score (nSPS) is 24.7. The molecule has 0 saturated carbocycles. The van der Waals surface area contributed by atoms with Gasteiger partial charge in [0, 0.05) is 50.3 Å². The van der Waals surface area contributed by atoms with Gasteiger partial charge in [-0.25, -0.2) is 0 Å². The van der Waals surface area contributed by atoms with Crippen molar-refractivity contribution >= 4 is 5.97 Å². The molecule has 3 heterocycles. The Bertz CT molecular complexity index is 2020. The molecule has 8 rings (SSSR count). The molecule has 6 atom stereocenters. The molecule has 2 aliphatic carbocycles. The largest absolute Gasteiger partial charge is 0.493 e. The first-order chi connectivity index (χ1) is 29.4. The molecule has 5 aliphatic rings. The van der Waals surface area contributed by atoms with Crippen molar-refractivity contribution in [2.45, 2.75) is 100 Å². The number of benzene rings is 3. The molecule has 0 amide bonds. The Morgan fingerprint density at radius 3 is 2.18 bits per heavy atom. The minimum atomic E-state index is -0.194. The van der Waals surface area contributed by atoms with Crippen LogP contribution in [0, 0.1) is 5.92 Å². The third-order valence-electron chi connectivity index (χ3n) is 14.0. The average Bonchev–Trinajstić information content (AvgIpc) is 3.74. The molecule has 2 bridgehead atoms. The van der Waals surface area contributed by atoms with E-state index in [1.54, 1.807) is 42.7 Å². The summed E-state index contributed by atoms with van der Waals surface area (Å²) in [4.78, 5) is 18.1. The summed E-state index contributed by atoms with van der Waals surface area (Å²) in [5, 5.41) is 0. The van der Waals surface area contributed by atoms with Crippen molar-refractivity contribution in [3.8, 4) is 34.5 Å². The molecule has 3 aromatic carbocycles. The lowest BCUT2D eigenvalue weighted by atomic mass is 9.59. The number of esters is 1. The number of ether oxygens (including phenoxy) is 8. The Morgan fingerprint density at radius 1 is 0.733 bits per heavy atom. The number of fused-ring (bicyclic) bond motifs is 1. The van der Waals surface area contributed by atoms with Gasteiger partial charge in [-0.05, 0) is 91.2 Å². The zero-order chi connectivity index (χ0) is 41.8. The number of nitrogens with zero attached hydrogens (tertiary/aromatic N) is 2. The van der Waals surface area contributed by atoms with Crippen LogP contribution in [-0.4, -0.2) is 109 Å². The van der Waals surface area contributed by atoms with Gasteiger partial charge < -0.3 is 37.9 Å². The van der Waals surface area contributed by atoms with E-state index in [1.165, 1.54) is 47.1 Å². The summed E-state index contributed by atoms with van der Waals surface area (Å²) in [6.07, 6.45) is 15.3. The predicted molar refractivity (Wildman–Crippen MR) is 230 cm³/mol. The lowest BCUT2D eigenvalue weighted by molar-refractivity contribution is -0.144. The Labute approximate surface area is 356 Å². The van der Waals surface area contributed by atoms with Gasteiger partial charge in [-0.15, -0.1) is 0 Å². The van der Waals surface area contributed by atoms with Gasteiger partial charge in [0.25, 0.3) is 0 Å². The molecule has 1 saturated heterocycles. The maximum atomic E-state index is 13.0. The van der Waals surface area contributed by atoms with E-state index in [4.69, 9.17) is 37.9 Å². The van der Waals surface area contributed by atoms with Gasteiger partial charge in [0.15, 0.2) is 34.5 Å². The van der Waals surface area contributed by atoms with Crippen LogP contribution in [0.2, 0.25) is 0 Å². The Hall–Kier alpha value is -4.45. The number of rotatable bonds is 21. The quantitative estimate of drug-likeness (QED) is 0.0602. The van der Waals surface area contributed by atoms with E-state index in [0.29, 0.717) is 31.5 Å². The SMILES string of the molecule is COc1ccc(C[C@@H]2c3cc(OC)c(OC)cc3CCN2CCCCCCCCCOC(=O)CCN2C[C@]34c5c6ccc(OC)c5O[C@H]3[C@@H](OC)C=CC4[C@H]2C6)cc1OC. The van der Waals surface area contributed by atoms with Crippen LogP contribution in [0.4, 0.5) is 0 Å². The zero-order valence-corrected chi connectivity index (χ0v) is 36.5. The van der Waals surface area contributed by atoms with Crippen LogP contribution in [0.3, 0.4) is 0 Å². The monoisotopic (exact) mass is 824 g/mol. The molecule has 0 N–H and O–H groups in total. The summed E-state index contributed by atoms with van der Waals surface area (Å²) in [6, 6.07) is 15.3. The molecular formula is C49H64N2O9. The predicted octanol–water partition coefficient (Wildman–Crippen LogP) is 7.68. The summed E-state index contributed by atoms with van der Waals surface area (Å²) in [5.74, 6) is 4.91. The topological polar surface area (TPSA) is 97.4 Å². The fraction of sp³-hybridized carbons (Fsp3) is 0.571. The Balaban J connectivity index is 0.759. The number of hydrogen-bond acceptors (Lipinski definition) is 11. The molecule has 0 aromatic heterocycles. The van der Waals surface area contributed by atoms with E-state index in [-0.39, 0.29) is 29.6 Å². The number of carbonyl (C=O) groups is 1. The van der Waals surface area contributed by atoms with Gasteiger partial charge in [-0.3, -0.25) is 14.6 Å². The van der Waals surface area contributed by atoms with E-state index in [9.17, 15) is 4.79 Å². The lowest BCUT2D eigenvalue weighted by Crippen LogP contribution is -2.55. The first-order valence-electron chi connectivity index (χ1n) is 22.0. The summed E-state index contributed by atoms with van der Waals surface area (Å²) in [7, 11) is 10.2. The highest BCUT2D eigenvalue weighted by atomic mass is 16.6. The second-order valence-electron chi connectivity index (χ2n) is 17.1. The first kappa shape index (κ1) is 42.2. The van der Waals surface area contributed by atoms with Crippen LogP contribution in [0.1, 0.15) is 85.2 Å². The van der Waals surface area contributed by atoms with Crippen molar-refractivity contribution < 1.29 is 42.7 Å². The molecule has 324 valence electrons. The molecule has 11 heteroatoms. The third-order valence-corrected chi connectivity index (χ3v) is 14.0. The van der Waals surface area contributed by atoms with Gasteiger partial charge in [0.2, 0.25) is 0 Å². The third kappa shape index (κ3) is 7.93. The number of likely N-dealkylation sites (tertiary alicyclic amines) is 1. The standard InChI is InChI=1S/C49H64N2O9/c1-53-39-17-14-32(27-42(39)56-4)26-37-35-30-44(58-6)43(57-5)29-33(35)20-23-50(37)22-12-10-8-7-9-11-13-25-59-45(52)21-24-51-31-49-36-16-19-41(55-3)48(49)60-47-40(54-2)18-15-34(46(47)49)28-38(36)51/h14-19,27,29-30,36-38,41,48H,7-13,20-26,28,31H2,1-6H3/t36?,37-,38-,41+,48+,49+/m1/s1. The Kier molecular flexibility index (Phi) is 13.1. The lowest BCUT2D eigenvalue weighted by Gasteiger charge is -2.44. The molecule has 1 unspecified atom stereocenters. The van der Waals surface area contributed by atoms with Crippen LogP contribution >= 0.6 is 0 Å². The van der Waals surface area contributed by atoms with Crippen molar-refractivity contribution in [3.63, 3.8) is 0 Å². The maximum absolute atomic E-state index is 13.0. The highest BCUT2D eigenvalue weighted by molar-refractivity contribution is 5.69. The van der Waals surface area contributed by atoms with E-state index in [1.807, 2.05) is 12.1 Å². The maximum Gasteiger partial charge on any atom is 0.307 e. The molecule has 3 aliphatic heterocycles. The highest BCUT2D eigenvalue weighted by Crippen LogP contribution is 2.63. The smallest absolute Gasteiger partial charge is 0.307 e. The van der Waals surface area contributed by atoms with Crippen LogP contribution in [0.25, 0.3) is 0 Å². The van der Waals surface area contributed by atoms with E-state index < -0.39 is 0 Å². The summed E-state index contributed by atoms with van der Waals surface area (Å²) in [5.41, 5.74) is 6.27. The molecule has 0 radical (unpaired) electrons. The summed E-state index contributed by atoms with van der Waals surface area (Å²) < 4.78 is 46.6. The second-order valence-corrected chi connectivity index (χ2v) is 17.1. The van der Waals surface area contributed by atoms with Crippen molar-refractivity contribution in [1.29, 1.82) is 0 Å². The van der Waals surface area contributed by atoms with Gasteiger partial charge in [0.05, 0.1) is 54.0 Å². The minimum absolute atomic E-state index is 0.105. The summed E-state index contributed by atoms with van der Waals surface area (Å²) in [6.45, 7) is 4.07. The minimum Gasteiger partial charge on any atom is -0.493 e. The van der Waals surface area contributed by atoms with Crippen LogP contribution in [0.15, 0.2) is 54.6 Å². The van der Waals surface area contributed by atoms with Gasteiger partial charge in [-0.2, -0.15) is 0 Å². The number of methoxy groups -OCH3 is 6. The molecule has 60 heavy (non-hydrogen) atoms. The first-order valence-corrected chi connectivity index (χ1v) is 22.0. The Morgan fingerprint density at radius 2 is 1.43 bits per heavy atom. The van der Waals surface area contributed by atoms with Crippen molar-refractivity contribution in [2.24, 2.45) is 5.92 Å². The van der Waals surface area contributed by atoms with Crippen molar-refractivity contribution in [3.05, 3.63) is 82.4 Å². The van der Waals surface area contributed by atoms with Crippen LogP contribution in [0.5, 0.6) is 34.5 Å². The molecule has 3 aromatic rings. The van der Waals surface area contributed by atoms with Crippen LogP contribution in [-0.2, 0) is 38.9 Å². The van der Waals surface area contributed by atoms with Gasteiger partial charge >= 0.3 is 5.97 Å². The number of unbranched alkanes of at least 4 members (excludes halogenated alkanes) is 6. The molecule has 1 spiro atoms. The molecule has 1 fully saturated rings. The number of carbonyl (C=O) groups excluding carboxylic acids is 1. The average molecular weight is 825 g/mol. The van der Waals surface area contributed by atoms with Gasteiger partial charge in [-0.1, -0.05) is 56.4 Å². The molecule has 11 nitrogen and oxygen atoms in total. The van der Waals surface area contributed by atoms with E-state index in [2.05, 4.69) is 52.3 Å². The highest BCUT2D eigenvalue weighted by Gasteiger charge is 2.67. The van der Waals surface area contributed by atoms with Gasteiger partial charge in [0.1, 0.15) is 12.2 Å². The zero-order valence-electron chi connectivity index (χ0n) is 36.5.